The molecular formula is C18H25NO4. The molecule has 2 atom stereocenters. The van der Waals surface area contributed by atoms with Gasteiger partial charge in [0.05, 0.1) is 12.6 Å². The standard InChI is InChI=1S/C18H25NO4/c1-13(2)16-12-23-18(21)19(16)17(20)14(3)9-10-22-11-15-7-5-4-6-8-15/h4-8,13-14,16H,9-12H2,1-3H3/t14-,16+/m1/s1. The van der Waals surface area contributed by atoms with Crippen molar-refractivity contribution in [3.8, 4) is 0 Å². The van der Waals surface area contributed by atoms with Crippen LogP contribution in [0.2, 0.25) is 0 Å². The predicted octanol–water partition coefficient (Wildman–Crippen LogP) is 3.23. The summed E-state index contributed by atoms with van der Waals surface area (Å²) in [4.78, 5) is 25.6. The normalized spacial score (nSPS) is 19.0. The maximum Gasteiger partial charge on any atom is 0.416 e. The van der Waals surface area contributed by atoms with E-state index in [1.807, 2.05) is 51.1 Å². The molecule has 0 bridgehead atoms. The first-order valence-electron chi connectivity index (χ1n) is 8.12. The summed E-state index contributed by atoms with van der Waals surface area (Å²) in [6, 6.07) is 9.74. The Kier molecular flexibility index (Phi) is 6.16. The predicted molar refractivity (Wildman–Crippen MR) is 86.7 cm³/mol. The van der Waals surface area contributed by atoms with Gasteiger partial charge in [-0.2, -0.15) is 0 Å². The van der Waals surface area contributed by atoms with E-state index in [9.17, 15) is 9.59 Å². The van der Waals surface area contributed by atoms with Crippen molar-refractivity contribution in [3.63, 3.8) is 0 Å². The van der Waals surface area contributed by atoms with Crippen LogP contribution in [0.1, 0.15) is 32.8 Å². The zero-order chi connectivity index (χ0) is 16.8. The fraction of sp³-hybridized carbons (Fsp3) is 0.556. The lowest BCUT2D eigenvalue weighted by molar-refractivity contribution is -0.134. The average molecular weight is 319 g/mol. The van der Waals surface area contributed by atoms with E-state index in [2.05, 4.69) is 0 Å². The maximum atomic E-state index is 12.5. The molecule has 0 radical (unpaired) electrons. The molecule has 0 spiro atoms. The van der Waals surface area contributed by atoms with Gasteiger partial charge in [-0.05, 0) is 17.9 Å². The fourth-order valence-corrected chi connectivity index (χ4v) is 2.57. The highest BCUT2D eigenvalue weighted by Gasteiger charge is 2.40. The Morgan fingerprint density at radius 3 is 2.65 bits per heavy atom. The van der Waals surface area contributed by atoms with E-state index in [0.29, 0.717) is 26.2 Å². The third-order valence-corrected chi connectivity index (χ3v) is 4.14. The van der Waals surface area contributed by atoms with Gasteiger partial charge in [0.25, 0.3) is 0 Å². The lowest BCUT2D eigenvalue weighted by Gasteiger charge is -2.25. The third-order valence-electron chi connectivity index (χ3n) is 4.14. The van der Waals surface area contributed by atoms with Gasteiger partial charge in [-0.25, -0.2) is 9.69 Å². The topological polar surface area (TPSA) is 55.8 Å². The highest BCUT2D eigenvalue weighted by atomic mass is 16.6. The van der Waals surface area contributed by atoms with E-state index in [1.54, 1.807) is 0 Å². The minimum absolute atomic E-state index is 0.164. The minimum Gasteiger partial charge on any atom is -0.447 e. The minimum atomic E-state index is -0.522. The van der Waals surface area contributed by atoms with Crippen LogP contribution in [0.5, 0.6) is 0 Å². The lowest BCUT2D eigenvalue weighted by atomic mass is 10.0. The molecule has 126 valence electrons. The van der Waals surface area contributed by atoms with E-state index in [-0.39, 0.29) is 23.8 Å². The fourth-order valence-electron chi connectivity index (χ4n) is 2.57. The van der Waals surface area contributed by atoms with Gasteiger partial charge in [-0.1, -0.05) is 51.1 Å². The number of cyclic esters (lactones) is 1. The number of hydrogen-bond donors (Lipinski definition) is 0. The summed E-state index contributed by atoms with van der Waals surface area (Å²) in [5.41, 5.74) is 1.11. The Labute approximate surface area is 137 Å². The summed E-state index contributed by atoms with van der Waals surface area (Å²) in [6.45, 7) is 7.11. The molecule has 1 fully saturated rings. The number of amides is 2. The Morgan fingerprint density at radius 2 is 2.00 bits per heavy atom. The Bertz CT molecular complexity index is 529. The molecule has 0 saturated carbocycles. The molecule has 1 heterocycles. The summed E-state index contributed by atoms with van der Waals surface area (Å²) < 4.78 is 10.6. The van der Waals surface area contributed by atoms with Crippen LogP contribution in [0, 0.1) is 11.8 Å². The summed E-state index contributed by atoms with van der Waals surface area (Å²) in [5, 5.41) is 0. The molecule has 0 aromatic heterocycles. The Morgan fingerprint density at radius 1 is 1.30 bits per heavy atom. The zero-order valence-corrected chi connectivity index (χ0v) is 14.0. The molecule has 0 aliphatic carbocycles. The van der Waals surface area contributed by atoms with Gasteiger partial charge in [0.2, 0.25) is 5.91 Å². The van der Waals surface area contributed by atoms with Crippen LogP contribution < -0.4 is 0 Å². The van der Waals surface area contributed by atoms with E-state index in [1.165, 1.54) is 4.90 Å². The largest absolute Gasteiger partial charge is 0.447 e. The summed E-state index contributed by atoms with van der Waals surface area (Å²) in [5.74, 6) is -0.251. The smallest absolute Gasteiger partial charge is 0.416 e. The quantitative estimate of drug-likeness (QED) is 0.724. The molecular weight excluding hydrogens is 294 g/mol. The van der Waals surface area contributed by atoms with Crippen molar-refractivity contribution in [2.24, 2.45) is 11.8 Å². The van der Waals surface area contributed by atoms with Crippen molar-refractivity contribution in [2.75, 3.05) is 13.2 Å². The molecule has 1 aliphatic rings. The molecule has 1 aromatic rings. The molecule has 0 unspecified atom stereocenters. The van der Waals surface area contributed by atoms with Gasteiger partial charge < -0.3 is 9.47 Å². The second kappa shape index (κ2) is 8.11. The monoisotopic (exact) mass is 319 g/mol. The number of carbonyl (C=O) groups is 2. The molecule has 5 heteroatoms. The van der Waals surface area contributed by atoms with Gasteiger partial charge >= 0.3 is 6.09 Å². The number of hydrogen-bond acceptors (Lipinski definition) is 4. The third kappa shape index (κ3) is 4.55. The van der Waals surface area contributed by atoms with Crippen molar-refractivity contribution < 1.29 is 19.1 Å². The molecule has 5 nitrogen and oxygen atoms in total. The Balaban J connectivity index is 1.79. The second-order valence-corrected chi connectivity index (χ2v) is 6.32. The second-order valence-electron chi connectivity index (χ2n) is 6.32. The van der Waals surface area contributed by atoms with Crippen LogP contribution in [-0.4, -0.2) is 36.2 Å². The highest BCUT2D eigenvalue weighted by Crippen LogP contribution is 2.22. The zero-order valence-electron chi connectivity index (χ0n) is 14.0. The number of ether oxygens (including phenoxy) is 2. The number of nitrogens with zero attached hydrogens (tertiary/aromatic N) is 1. The Hall–Kier alpha value is -1.88. The number of imide groups is 1. The van der Waals surface area contributed by atoms with Gasteiger partial charge in [0, 0.05) is 12.5 Å². The van der Waals surface area contributed by atoms with Gasteiger partial charge in [0.1, 0.15) is 6.61 Å². The molecule has 2 rings (SSSR count). The van der Waals surface area contributed by atoms with Crippen LogP contribution in [-0.2, 0) is 20.9 Å². The van der Waals surface area contributed by atoms with E-state index < -0.39 is 6.09 Å². The molecule has 1 saturated heterocycles. The van der Waals surface area contributed by atoms with Crippen molar-refractivity contribution >= 4 is 12.0 Å². The van der Waals surface area contributed by atoms with Crippen LogP contribution >= 0.6 is 0 Å². The molecule has 2 amide bonds. The highest BCUT2D eigenvalue weighted by molar-refractivity contribution is 5.94. The van der Waals surface area contributed by atoms with E-state index in [0.717, 1.165) is 5.56 Å². The first-order valence-corrected chi connectivity index (χ1v) is 8.12. The van der Waals surface area contributed by atoms with Gasteiger partial charge in [0.15, 0.2) is 0 Å². The van der Waals surface area contributed by atoms with Gasteiger partial charge in [-0.3, -0.25) is 4.79 Å². The number of carbonyl (C=O) groups excluding carboxylic acids is 2. The van der Waals surface area contributed by atoms with Crippen LogP contribution in [0.15, 0.2) is 30.3 Å². The SMILES string of the molecule is CC(C)[C@@H]1COC(=O)N1C(=O)[C@H](C)CCOCc1ccccc1. The lowest BCUT2D eigenvalue weighted by Crippen LogP contribution is -2.44. The van der Waals surface area contributed by atoms with Crippen LogP contribution in [0.25, 0.3) is 0 Å². The first kappa shape index (κ1) is 17.5. The molecule has 1 aromatic carbocycles. The first-order chi connectivity index (χ1) is 11.0. The summed E-state index contributed by atoms with van der Waals surface area (Å²) >= 11 is 0. The van der Waals surface area contributed by atoms with Crippen LogP contribution in [0.3, 0.4) is 0 Å². The molecule has 1 aliphatic heterocycles. The number of rotatable bonds is 7. The van der Waals surface area contributed by atoms with E-state index in [4.69, 9.17) is 9.47 Å². The number of benzene rings is 1. The van der Waals surface area contributed by atoms with Crippen molar-refractivity contribution in [1.29, 1.82) is 0 Å². The van der Waals surface area contributed by atoms with Gasteiger partial charge in [-0.15, -0.1) is 0 Å². The summed E-state index contributed by atoms with van der Waals surface area (Å²) in [6.07, 6.45) is 0.0611. The summed E-state index contributed by atoms with van der Waals surface area (Å²) in [7, 11) is 0. The maximum absolute atomic E-state index is 12.5. The molecule has 23 heavy (non-hydrogen) atoms. The molecule has 0 N–H and O–H groups in total. The average Bonchev–Trinajstić information content (AvgIpc) is 2.93. The van der Waals surface area contributed by atoms with E-state index >= 15 is 0 Å². The van der Waals surface area contributed by atoms with Crippen molar-refractivity contribution in [3.05, 3.63) is 35.9 Å². The van der Waals surface area contributed by atoms with Crippen LogP contribution in [0.4, 0.5) is 4.79 Å². The van der Waals surface area contributed by atoms with Crippen molar-refractivity contribution in [2.45, 2.75) is 39.8 Å². The van der Waals surface area contributed by atoms with Crippen molar-refractivity contribution in [1.82, 2.24) is 4.90 Å².